The van der Waals surface area contributed by atoms with E-state index in [0.29, 0.717) is 17.6 Å². The standard InChI is InChI=1S/C28H33N3O2S/c1-16(2)31-24-12-11-20(13-21(24)18(4)15-28(31,6)7)14-22-25(32)29-27(34)30(26(22)33)23-10-8-9-17(3)19(23)5/h8-14,16,18H,15H2,1-7H3,(H,29,32,34)/b22-14+/t18-/m0/s1. The van der Waals surface area contributed by atoms with Gasteiger partial charge in [0.2, 0.25) is 0 Å². The van der Waals surface area contributed by atoms with Crippen molar-refractivity contribution in [3.63, 3.8) is 0 Å². The maximum atomic E-state index is 13.5. The molecule has 1 saturated heterocycles. The summed E-state index contributed by atoms with van der Waals surface area (Å²) in [4.78, 5) is 30.2. The molecule has 2 aromatic carbocycles. The number of anilines is 2. The number of thiocarbonyl (C=S) groups is 1. The first-order valence-corrected chi connectivity index (χ1v) is 12.2. The van der Waals surface area contributed by atoms with E-state index < -0.39 is 11.8 Å². The SMILES string of the molecule is Cc1cccc(N2C(=O)/C(=C/c3ccc4c(c3)[C@@H](C)CC(C)(C)N4C(C)C)C(=O)NC2=S)c1C. The number of benzene rings is 2. The van der Waals surface area contributed by atoms with Gasteiger partial charge in [0.15, 0.2) is 5.11 Å². The van der Waals surface area contributed by atoms with Crippen LogP contribution in [0.3, 0.4) is 0 Å². The molecule has 0 radical (unpaired) electrons. The first kappa shape index (κ1) is 24.1. The molecule has 2 aliphatic heterocycles. The van der Waals surface area contributed by atoms with Crippen LogP contribution >= 0.6 is 12.2 Å². The number of fused-ring (bicyclic) bond motifs is 1. The fraction of sp³-hybridized carbons (Fsp3) is 0.393. The van der Waals surface area contributed by atoms with Crippen molar-refractivity contribution in [2.45, 2.75) is 72.4 Å². The van der Waals surface area contributed by atoms with Crippen LogP contribution in [-0.2, 0) is 9.59 Å². The van der Waals surface area contributed by atoms with Gasteiger partial charge in [0.25, 0.3) is 11.8 Å². The molecule has 4 rings (SSSR count). The second kappa shape index (κ2) is 8.66. The van der Waals surface area contributed by atoms with Gasteiger partial charge in [0.1, 0.15) is 5.57 Å². The zero-order chi connectivity index (χ0) is 24.9. The van der Waals surface area contributed by atoms with Gasteiger partial charge < -0.3 is 4.90 Å². The minimum Gasteiger partial charge on any atom is -0.364 e. The van der Waals surface area contributed by atoms with E-state index in [9.17, 15) is 9.59 Å². The predicted octanol–water partition coefficient (Wildman–Crippen LogP) is 5.64. The molecule has 0 saturated carbocycles. The molecule has 1 atom stereocenters. The molecule has 1 N–H and O–H groups in total. The van der Waals surface area contributed by atoms with Crippen molar-refractivity contribution in [3.8, 4) is 0 Å². The Morgan fingerprint density at radius 3 is 2.50 bits per heavy atom. The topological polar surface area (TPSA) is 52.7 Å². The quantitative estimate of drug-likeness (QED) is 0.355. The molecule has 0 aliphatic carbocycles. The number of hydrogen-bond acceptors (Lipinski definition) is 4. The Balaban J connectivity index is 1.76. The molecule has 5 nitrogen and oxygen atoms in total. The van der Waals surface area contributed by atoms with Gasteiger partial charge in [-0.05, 0) is 113 Å². The van der Waals surface area contributed by atoms with Crippen LogP contribution in [0, 0.1) is 13.8 Å². The number of aryl methyl sites for hydroxylation is 1. The van der Waals surface area contributed by atoms with Gasteiger partial charge in [0, 0.05) is 17.3 Å². The van der Waals surface area contributed by atoms with E-state index in [1.165, 1.54) is 16.2 Å². The largest absolute Gasteiger partial charge is 0.364 e. The van der Waals surface area contributed by atoms with Gasteiger partial charge in [-0.1, -0.05) is 25.1 Å². The lowest BCUT2D eigenvalue weighted by atomic mass is 9.78. The van der Waals surface area contributed by atoms with Gasteiger partial charge in [-0.25, -0.2) is 0 Å². The van der Waals surface area contributed by atoms with Gasteiger partial charge >= 0.3 is 0 Å². The highest BCUT2D eigenvalue weighted by molar-refractivity contribution is 7.80. The average molecular weight is 476 g/mol. The normalized spacial score (nSPS) is 21.2. The first-order valence-electron chi connectivity index (χ1n) is 11.8. The Labute approximate surface area is 207 Å². The lowest BCUT2D eigenvalue weighted by molar-refractivity contribution is -0.122. The lowest BCUT2D eigenvalue weighted by Crippen LogP contribution is -2.54. The minimum atomic E-state index is -0.465. The molecule has 2 aromatic rings. The van der Waals surface area contributed by atoms with Crippen LogP contribution in [0.1, 0.15) is 69.2 Å². The lowest BCUT2D eigenvalue weighted by Gasteiger charge is -2.50. The monoisotopic (exact) mass is 475 g/mol. The summed E-state index contributed by atoms with van der Waals surface area (Å²) in [6.07, 6.45) is 2.72. The highest BCUT2D eigenvalue weighted by atomic mass is 32.1. The number of rotatable bonds is 3. The van der Waals surface area contributed by atoms with E-state index in [1.807, 2.05) is 38.1 Å². The Morgan fingerprint density at radius 1 is 1.12 bits per heavy atom. The second-order valence-electron chi connectivity index (χ2n) is 10.4. The highest BCUT2D eigenvalue weighted by Crippen LogP contribution is 2.44. The second-order valence-corrected chi connectivity index (χ2v) is 10.8. The molecule has 34 heavy (non-hydrogen) atoms. The summed E-state index contributed by atoms with van der Waals surface area (Å²) in [7, 11) is 0. The number of hydrogen-bond donors (Lipinski definition) is 1. The Morgan fingerprint density at radius 2 is 1.82 bits per heavy atom. The van der Waals surface area contributed by atoms with Crippen LogP contribution in [0.25, 0.3) is 6.08 Å². The first-order chi connectivity index (χ1) is 15.9. The van der Waals surface area contributed by atoms with E-state index in [-0.39, 0.29) is 16.2 Å². The minimum absolute atomic E-state index is 0.0572. The Bertz CT molecular complexity index is 1230. The van der Waals surface area contributed by atoms with Crippen molar-refractivity contribution < 1.29 is 9.59 Å². The average Bonchev–Trinajstić information content (AvgIpc) is 2.73. The fourth-order valence-electron chi connectivity index (χ4n) is 5.56. The summed E-state index contributed by atoms with van der Waals surface area (Å²) < 4.78 is 0. The fourth-order valence-corrected chi connectivity index (χ4v) is 5.83. The summed E-state index contributed by atoms with van der Waals surface area (Å²) in [5.41, 5.74) is 6.13. The van der Waals surface area contributed by atoms with Crippen molar-refractivity contribution in [1.29, 1.82) is 0 Å². The number of carbonyl (C=O) groups is 2. The summed E-state index contributed by atoms with van der Waals surface area (Å²) in [5.74, 6) is -0.501. The van der Waals surface area contributed by atoms with Crippen molar-refractivity contribution in [3.05, 3.63) is 64.2 Å². The summed E-state index contributed by atoms with van der Waals surface area (Å²) in [6, 6.07) is 12.3. The molecule has 1 fully saturated rings. The number of carbonyl (C=O) groups excluding carboxylic acids is 2. The molecular formula is C28H33N3O2S. The van der Waals surface area contributed by atoms with Crippen LogP contribution in [0.4, 0.5) is 11.4 Å². The zero-order valence-corrected chi connectivity index (χ0v) is 21.8. The molecule has 0 unspecified atom stereocenters. The summed E-state index contributed by atoms with van der Waals surface area (Å²) in [6.45, 7) is 15.2. The van der Waals surface area contributed by atoms with Crippen LogP contribution < -0.4 is 15.1 Å². The maximum absolute atomic E-state index is 13.5. The third-order valence-electron chi connectivity index (χ3n) is 7.05. The molecule has 0 spiro atoms. The van der Waals surface area contributed by atoms with Crippen molar-refractivity contribution in [2.24, 2.45) is 0 Å². The highest BCUT2D eigenvalue weighted by Gasteiger charge is 2.38. The number of amides is 2. The van der Waals surface area contributed by atoms with E-state index in [4.69, 9.17) is 12.2 Å². The zero-order valence-electron chi connectivity index (χ0n) is 21.0. The predicted molar refractivity (Wildman–Crippen MR) is 143 cm³/mol. The molecule has 2 heterocycles. The number of nitrogens with zero attached hydrogens (tertiary/aromatic N) is 2. The van der Waals surface area contributed by atoms with Crippen molar-refractivity contribution in [2.75, 3.05) is 9.80 Å². The molecular weight excluding hydrogens is 442 g/mol. The summed E-state index contributed by atoms with van der Waals surface area (Å²) in [5, 5.41) is 2.81. The van der Waals surface area contributed by atoms with Gasteiger partial charge in [-0.3, -0.25) is 19.8 Å². The van der Waals surface area contributed by atoms with E-state index in [1.54, 1.807) is 6.08 Å². The third-order valence-corrected chi connectivity index (χ3v) is 7.33. The number of nitrogens with one attached hydrogen (secondary N) is 1. The smallest absolute Gasteiger partial charge is 0.270 e. The maximum Gasteiger partial charge on any atom is 0.270 e. The summed E-state index contributed by atoms with van der Waals surface area (Å²) >= 11 is 5.38. The van der Waals surface area contributed by atoms with Crippen LogP contribution in [0.5, 0.6) is 0 Å². The van der Waals surface area contributed by atoms with Crippen molar-refractivity contribution in [1.82, 2.24) is 5.32 Å². The van der Waals surface area contributed by atoms with Crippen molar-refractivity contribution >= 4 is 46.6 Å². The van der Waals surface area contributed by atoms with E-state index >= 15 is 0 Å². The molecule has 2 amide bonds. The van der Waals surface area contributed by atoms with Gasteiger partial charge in [-0.2, -0.15) is 0 Å². The van der Waals surface area contributed by atoms with Gasteiger partial charge in [0.05, 0.1) is 5.69 Å². The molecule has 0 bridgehead atoms. The molecule has 178 valence electrons. The Hall–Kier alpha value is -2.99. The van der Waals surface area contributed by atoms with E-state index in [0.717, 1.165) is 23.1 Å². The molecule has 6 heteroatoms. The third kappa shape index (κ3) is 4.05. The molecule has 0 aromatic heterocycles. The van der Waals surface area contributed by atoms with Crippen LogP contribution in [0.2, 0.25) is 0 Å². The van der Waals surface area contributed by atoms with Gasteiger partial charge in [-0.15, -0.1) is 0 Å². The Kier molecular flexibility index (Phi) is 6.15. The van der Waals surface area contributed by atoms with E-state index in [2.05, 4.69) is 57.0 Å². The van der Waals surface area contributed by atoms with Crippen LogP contribution in [0.15, 0.2) is 42.0 Å². The molecule has 2 aliphatic rings. The van der Waals surface area contributed by atoms with Crippen LogP contribution in [-0.4, -0.2) is 28.5 Å².